The summed E-state index contributed by atoms with van der Waals surface area (Å²) >= 11 is 0. The van der Waals surface area contributed by atoms with Gasteiger partial charge in [0, 0.05) is 5.92 Å². The lowest BCUT2D eigenvalue weighted by Crippen LogP contribution is -2.27. The van der Waals surface area contributed by atoms with Crippen molar-refractivity contribution in [2.75, 3.05) is 5.32 Å². The van der Waals surface area contributed by atoms with Gasteiger partial charge in [-0.25, -0.2) is 4.79 Å². The maximum Gasteiger partial charge on any atom is 0.337 e. The standard InChI is InChI=1S/C16H19NO3/c1-9-2-5-14(13(6-9)16(19)20)17-15(18)12-8-10-3-4-11(12)7-10/h2,5-6,10-12H,3-4,7-8H2,1H3,(H,17,18)(H,19,20). The van der Waals surface area contributed by atoms with Gasteiger partial charge in [-0.15, -0.1) is 0 Å². The number of aryl methyl sites for hydroxylation is 1. The third-order valence-corrected chi connectivity index (χ3v) is 4.74. The van der Waals surface area contributed by atoms with Crippen LogP contribution in [0.1, 0.15) is 41.6 Å². The van der Waals surface area contributed by atoms with Crippen molar-refractivity contribution in [3.63, 3.8) is 0 Å². The van der Waals surface area contributed by atoms with Crippen molar-refractivity contribution in [1.82, 2.24) is 0 Å². The minimum Gasteiger partial charge on any atom is -0.478 e. The molecule has 1 amide bonds. The van der Waals surface area contributed by atoms with Crippen LogP contribution in [0.15, 0.2) is 18.2 Å². The summed E-state index contributed by atoms with van der Waals surface area (Å²) in [5.41, 5.74) is 1.46. The summed E-state index contributed by atoms with van der Waals surface area (Å²) in [5, 5.41) is 12.0. The van der Waals surface area contributed by atoms with E-state index >= 15 is 0 Å². The SMILES string of the molecule is Cc1ccc(NC(=O)C2CC3CCC2C3)c(C(=O)O)c1. The Kier molecular flexibility index (Phi) is 3.24. The Morgan fingerprint density at radius 3 is 2.65 bits per heavy atom. The lowest BCUT2D eigenvalue weighted by Gasteiger charge is -2.21. The smallest absolute Gasteiger partial charge is 0.337 e. The van der Waals surface area contributed by atoms with Gasteiger partial charge in [-0.1, -0.05) is 18.1 Å². The molecule has 2 bridgehead atoms. The van der Waals surface area contributed by atoms with E-state index in [1.807, 2.05) is 13.0 Å². The first-order valence-electron chi connectivity index (χ1n) is 7.19. The fraction of sp³-hybridized carbons (Fsp3) is 0.500. The lowest BCUT2D eigenvalue weighted by atomic mass is 9.88. The molecule has 1 aromatic rings. The fourth-order valence-electron chi connectivity index (χ4n) is 3.74. The number of hydrogen-bond donors (Lipinski definition) is 2. The second-order valence-corrected chi connectivity index (χ2v) is 6.12. The second-order valence-electron chi connectivity index (χ2n) is 6.12. The average Bonchev–Trinajstić information content (AvgIpc) is 3.03. The number of fused-ring (bicyclic) bond motifs is 2. The highest BCUT2D eigenvalue weighted by atomic mass is 16.4. The molecular formula is C16H19NO3. The molecule has 2 aliphatic carbocycles. The summed E-state index contributed by atoms with van der Waals surface area (Å²) in [7, 11) is 0. The van der Waals surface area contributed by atoms with Crippen LogP contribution in [0.25, 0.3) is 0 Å². The van der Waals surface area contributed by atoms with Crippen molar-refractivity contribution in [2.45, 2.75) is 32.6 Å². The first kappa shape index (κ1) is 13.2. The Labute approximate surface area is 118 Å². The van der Waals surface area contributed by atoms with Crippen molar-refractivity contribution >= 4 is 17.6 Å². The number of hydrogen-bond acceptors (Lipinski definition) is 2. The van der Waals surface area contributed by atoms with Gasteiger partial charge in [-0.3, -0.25) is 4.79 Å². The zero-order valence-corrected chi connectivity index (χ0v) is 11.6. The zero-order chi connectivity index (χ0) is 14.3. The molecule has 2 saturated carbocycles. The number of nitrogens with one attached hydrogen (secondary N) is 1. The van der Waals surface area contributed by atoms with E-state index in [0.29, 0.717) is 17.5 Å². The second kappa shape index (κ2) is 4.93. The monoisotopic (exact) mass is 273 g/mol. The Hall–Kier alpha value is -1.84. The van der Waals surface area contributed by atoms with Crippen molar-refractivity contribution in [2.24, 2.45) is 17.8 Å². The van der Waals surface area contributed by atoms with Crippen LogP contribution in [0.2, 0.25) is 0 Å². The quantitative estimate of drug-likeness (QED) is 0.889. The van der Waals surface area contributed by atoms with Crippen LogP contribution in [0, 0.1) is 24.7 Å². The largest absolute Gasteiger partial charge is 0.478 e. The topological polar surface area (TPSA) is 66.4 Å². The Morgan fingerprint density at radius 1 is 1.25 bits per heavy atom. The van der Waals surface area contributed by atoms with Gasteiger partial charge >= 0.3 is 5.97 Å². The van der Waals surface area contributed by atoms with Crippen LogP contribution in [-0.2, 0) is 4.79 Å². The molecule has 3 rings (SSSR count). The van der Waals surface area contributed by atoms with Crippen LogP contribution in [-0.4, -0.2) is 17.0 Å². The molecule has 0 aliphatic heterocycles. The highest BCUT2D eigenvalue weighted by Gasteiger charge is 2.43. The maximum absolute atomic E-state index is 12.4. The molecule has 0 heterocycles. The molecule has 3 atom stereocenters. The maximum atomic E-state index is 12.4. The molecule has 2 N–H and O–H groups in total. The zero-order valence-electron chi connectivity index (χ0n) is 11.6. The fourth-order valence-corrected chi connectivity index (χ4v) is 3.74. The third-order valence-electron chi connectivity index (χ3n) is 4.74. The number of carbonyl (C=O) groups excluding carboxylic acids is 1. The number of aromatic carboxylic acids is 1. The van der Waals surface area contributed by atoms with Crippen LogP contribution < -0.4 is 5.32 Å². The van der Waals surface area contributed by atoms with E-state index in [0.717, 1.165) is 24.8 Å². The molecule has 0 saturated heterocycles. The van der Waals surface area contributed by atoms with Crippen molar-refractivity contribution < 1.29 is 14.7 Å². The molecule has 20 heavy (non-hydrogen) atoms. The number of benzene rings is 1. The number of carbonyl (C=O) groups is 2. The molecular weight excluding hydrogens is 254 g/mol. The van der Waals surface area contributed by atoms with E-state index in [1.165, 1.54) is 6.42 Å². The van der Waals surface area contributed by atoms with E-state index in [1.54, 1.807) is 12.1 Å². The van der Waals surface area contributed by atoms with Crippen LogP contribution >= 0.6 is 0 Å². The number of carboxylic acid groups (broad SMARTS) is 1. The molecule has 4 nitrogen and oxygen atoms in total. The highest BCUT2D eigenvalue weighted by molar-refractivity contribution is 6.01. The summed E-state index contributed by atoms with van der Waals surface area (Å²) in [5.74, 6) is 0.253. The van der Waals surface area contributed by atoms with Gasteiger partial charge in [0.25, 0.3) is 0 Å². The van der Waals surface area contributed by atoms with Crippen molar-refractivity contribution in [3.05, 3.63) is 29.3 Å². The first-order chi connectivity index (χ1) is 9.54. The molecule has 4 heteroatoms. The van der Waals surface area contributed by atoms with E-state index < -0.39 is 5.97 Å². The van der Waals surface area contributed by atoms with E-state index in [4.69, 9.17) is 0 Å². The Morgan fingerprint density at radius 2 is 2.05 bits per heavy atom. The third kappa shape index (κ3) is 2.30. The Bertz CT molecular complexity index is 567. The van der Waals surface area contributed by atoms with E-state index in [-0.39, 0.29) is 17.4 Å². The van der Waals surface area contributed by atoms with E-state index in [2.05, 4.69) is 5.32 Å². The molecule has 0 aromatic heterocycles. The summed E-state index contributed by atoms with van der Waals surface area (Å²) in [6.45, 7) is 1.84. The van der Waals surface area contributed by atoms with Gasteiger partial charge in [0.05, 0.1) is 11.3 Å². The van der Waals surface area contributed by atoms with Gasteiger partial charge < -0.3 is 10.4 Å². The lowest BCUT2D eigenvalue weighted by molar-refractivity contribution is -0.121. The highest BCUT2D eigenvalue weighted by Crippen LogP contribution is 2.48. The average molecular weight is 273 g/mol. The van der Waals surface area contributed by atoms with Crippen LogP contribution in [0.4, 0.5) is 5.69 Å². The minimum atomic E-state index is -1.00. The molecule has 106 valence electrons. The van der Waals surface area contributed by atoms with Crippen molar-refractivity contribution in [3.8, 4) is 0 Å². The normalized spacial score (nSPS) is 27.6. The molecule has 2 fully saturated rings. The molecule has 0 spiro atoms. The number of anilines is 1. The predicted molar refractivity (Wildman–Crippen MR) is 75.7 cm³/mol. The molecule has 3 unspecified atom stereocenters. The summed E-state index contributed by atoms with van der Waals surface area (Å²) in [4.78, 5) is 23.6. The van der Waals surface area contributed by atoms with Crippen LogP contribution in [0.3, 0.4) is 0 Å². The minimum absolute atomic E-state index is 0.0106. The first-order valence-corrected chi connectivity index (χ1v) is 7.19. The Balaban J connectivity index is 1.78. The van der Waals surface area contributed by atoms with Crippen LogP contribution in [0.5, 0.6) is 0 Å². The van der Waals surface area contributed by atoms with Gasteiger partial charge in [0.15, 0.2) is 0 Å². The van der Waals surface area contributed by atoms with Crippen molar-refractivity contribution in [1.29, 1.82) is 0 Å². The summed E-state index contributed by atoms with van der Waals surface area (Å²) in [6.07, 6.45) is 4.52. The van der Waals surface area contributed by atoms with Gasteiger partial charge in [0.2, 0.25) is 5.91 Å². The molecule has 1 aromatic carbocycles. The molecule has 2 aliphatic rings. The van der Waals surface area contributed by atoms with Gasteiger partial charge in [-0.2, -0.15) is 0 Å². The van der Waals surface area contributed by atoms with Gasteiger partial charge in [-0.05, 0) is 50.2 Å². The summed E-state index contributed by atoms with van der Waals surface area (Å²) in [6, 6.07) is 5.10. The van der Waals surface area contributed by atoms with Gasteiger partial charge in [0.1, 0.15) is 0 Å². The number of rotatable bonds is 3. The van der Waals surface area contributed by atoms with E-state index in [9.17, 15) is 14.7 Å². The summed E-state index contributed by atoms with van der Waals surface area (Å²) < 4.78 is 0. The predicted octanol–water partition coefficient (Wildman–Crippen LogP) is 3.07. The molecule has 0 radical (unpaired) electrons. The number of carboxylic acids is 1. The number of amides is 1.